The van der Waals surface area contributed by atoms with Gasteiger partial charge in [0.25, 0.3) is 5.91 Å². The van der Waals surface area contributed by atoms with Crippen LogP contribution in [-0.4, -0.2) is 25.2 Å². The van der Waals surface area contributed by atoms with E-state index in [2.05, 4.69) is 10.5 Å². The molecule has 6 nitrogen and oxygen atoms in total. The van der Waals surface area contributed by atoms with Gasteiger partial charge in [-0.25, -0.2) is 14.6 Å². The normalized spacial score (nSPS) is 10.6. The Balaban J connectivity index is 1.69. The topological polar surface area (TPSA) is 77.0 Å². The molecular weight excluding hydrogens is 383 g/mol. The molecule has 0 spiro atoms. The molecule has 1 aromatic heterocycles. The average Bonchev–Trinajstić information content (AvgIpc) is 3.24. The highest BCUT2D eigenvalue weighted by Crippen LogP contribution is 2.28. The maximum atomic E-state index is 13.3. The Morgan fingerprint density at radius 3 is 2.68 bits per heavy atom. The van der Waals surface area contributed by atoms with Crippen LogP contribution in [-0.2, 0) is 0 Å². The number of hydrogen-bond donors (Lipinski definition) is 1. The van der Waals surface area contributed by atoms with Crippen LogP contribution < -0.4 is 14.9 Å². The minimum atomic E-state index is -0.706. The number of rotatable bonds is 6. The van der Waals surface area contributed by atoms with E-state index in [0.717, 1.165) is 6.07 Å². The molecule has 1 amide bonds. The molecule has 0 aliphatic rings. The second kappa shape index (κ2) is 8.92. The maximum absolute atomic E-state index is 13.3. The summed E-state index contributed by atoms with van der Waals surface area (Å²) in [4.78, 5) is 24.5. The van der Waals surface area contributed by atoms with Crippen LogP contribution in [0, 0.1) is 5.82 Å². The van der Waals surface area contributed by atoms with E-state index in [1.165, 1.54) is 48.9 Å². The molecule has 2 aromatic carbocycles. The van der Waals surface area contributed by atoms with Crippen LogP contribution in [0.4, 0.5) is 4.39 Å². The Labute approximate surface area is 164 Å². The molecule has 1 N–H and O–H groups in total. The van der Waals surface area contributed by atoms with E-state index in [1.54, 1.807) is 29.6 Å². The summed E-state index contributed by atoms with van der Waals surface area (Å²) in [5.41, 5.74) is 3.13. The molecule has 3 rings (SSSR count). The number of hydrazone groups is 1. The number of esters is 1. The lowest BCUT2D eigenvalue weighted by Crippen LogP contribution is -2.16. The monoisotopic (exact) mass is 398 g/mol. The smallest absolute Gasteiger partial charge is 0.343 e. The van der Waals surface area contributed by atoms with Gasteiger partial charge in [-0.3, -0.25) is 4.79 Å². The van der Waals surface area contributed by atoms with Gasteiger partial charge in [0.1, 0.15) is 5.82 Å². The molecule has 0 bridgehead atoms. The van der Waals surface area contributed by atoms with Crippen molar-refractivity contribution in [2.75, 3.05) is 7.11 Å². The number of carbonyl (C=O) groups excluding carboxylic acids is 2. The van der Waals surface area contributed by atoms with Crippen LogP contribution in [0.3, 0.4) is 0 Å². The lowest BCUT2D eigenvalue weighted by molar-refractivity contribution is 0.0729. The van der Waals surface area contributed by atoms with Gasteiger partial charge in [0, 0.05) is 0 Å². The molecule has 0 fully saturated rings. The number of halogens is 1. The fraction of sp³-hybridized carbons (Fsp3) is 0.0500. The number of carbonyl (C=O) groups is 2. The van der Waals surface area contributed by atoms with Crippen molar-refractivity contribution in [3.05, 3.63) is 81.8 Å². The highest BCUT2D eigenvalue weighted by Gasteiger charge is 2.13. The fourth-order valence-corrected chi connectivity index (χ4v) is 2.86. The van der Waals surface area contributed by atoms with Gasteiger partial charge >= 0.3 is 5.97 Å². The average molecular weight is 398 g/mol. The Kier molecular flexibility index (Phi) is 6.13. The molecular formula is C20H15FN2O4S. The molecule has 28 heavy (non-hydrogen) atoms. The highest BCUT2D eigenvalue weighted by molar-refractivity contribution is 7.12. The molecule has 0 unspecified atom stereocenters. The first kappa shape index (κ1) is 19.2. The molecule has 1 heterocycles. The van der Waals surface area contributed by atoms with Gasteiger partial charge in [0.2, 0.25) is 0 Å². The van der Waals surface area contributed by atoms with Crippen LogP contribution in [0.15, 0.2) is 65.1 Å². The zero-order chi connectivity index (χ0) is 19.9. The first-order chi connectivity index (χ1) is 13.6. The van der Waals surface area contributed by atoms with Gasteiger partial charge in [-0.05, 0) is 53.4 Å². The number of ether oxygens (including phenoxy) is 2. The number of nitrogens with zero attached hydrogens (tertiary/aromatic N) is 1. The lowest BCUT2D eigenvalue weighted by atomic mass is 10.2. The standard InChI is InChI=1S/C20H15FN2O4S/c1-26-17-10-13(12-22-23-19(24)18-6-3-9-28-18)7-8-16(17)27-20(25)14-4-2-5-15(21)11-14/h2-12H,1H3,(H,23,24)/b22-12+. The van der Waals surface area contributed by atoms with Crippen LogP contribution in [0.2, 0.25) is 0 Å². The molecule has 0 aliphatic carbocycles. The van der Waals surface area contributed by atoms with E-state index < -0.39 is 11.8 Å². The summed E-state index contributed by atoms with van der Waals surface area (Å²) < 4.78 is 23.8. The summed E-state index contributed by atoms with van der Waals surface area (Å²) in [6.45, 7) is 0. The minimum absolute atomic E-state index is 0.0870. The van der Waals surface area contributed by atoms with Gasteiger partial charge in [0.15, 0.2) is 11.5 Å². The van der Waals surface area contributed by atoms with Crippen LogP contribution in [0.1, 0.15) is 25.6 Å². The van der Waals surface area contributed by atoms with Crippen molar-refractivity contribution < 1.29 is 23.5 Å². The zero-order valence-corrected chi connectivity index (χ0v) is 15.5. The number of benzene rings is 2. The Morgan fingerprint density at radius 2 is 1.96 bits per heavy atom. The fourth-order valence-electron chi connectivity index (χ4n) is 2.25. The molecule has 8 heteroatoms. The second-order valence-corrected chi connectivity index (χ2v) is 6.43. The number of thiophene rings is 1. The second-order valence-electron chi connectivity index (χ2n) is 5.49. The summed E-state index contributed by atoms with van der Waals surface area (Å²) in [6.07, 6.45) is 1.44. The van der Waals surface area contributed by atoms with Crippen LogP contribution >= 0.6 is 11.3 Å². The van der Waals surface area contributed by atoms with E-state index >= 15 is 0 Å². The third-order valence-corrected chi connectivity index (χ3v) is 4.44. The van der Waals surface area contributed by atoms with Crippen molar-refractivity contribution >= 4 is 29.4 Å². The van der Waals surface area contributed by atoms with E-state index in [0.29, 0.717) is 16.2 Å². The van der Waals surface area contributed by atoms with Crippen molar-refractivity contribution in [2.45, 2.75) is 0 Å². The van der Waals surface area contributed by atoms with Crippen molar-refractivity contribution in [1.82, 2.24) is 5.43 Å². The molecule has 0 saturated heterocycles. The lowest BCUT2D eigenvalue weighted by Gasteiger charge is -2.10. The molecule has 3 aromatic rings. The molecule has 0 radical (unpaired) electrons. The predicted molar refractivity (Wildman–Crippen MR) is 104 cm³/mol. The number of methoxy groups -OCH3 is 1. The first-order valence-electron chi connectivity index (χ1n) is 8.09. The molecule has 0 saturated carbocycles. The zero-order valence-electron chi connectivity index (χ0n) is 14.7. The van der Waals surface area contributed by atoms with Crippen molar-refractivity contribution in [2.24, 2.45) is 5.10 Å². The van der Waals surface area contributed by atoms with E-state index in [1.807, 2.05) is 0 Å². The van der Waals surface area contributed by atoms with Crippen molar-refractivity contribution in [3.8, 4) is 11.5 Å². The minimum Gasteiger partial charge on any atom is -0.493 e. The first-order valence-corrected chi connectivity index (χ1v) is 8.97. The van der Waals surface area contributed by atoms with Gasteiger partial charge in [-0.1, -0.05) is 12.1 Å². The van der Waals surface area contributed by atoms with Gasteiger partial charge in [0.05, 0.1) is 23.8 Å². The summed E-state index contributed by atoms with van der Waals surface area (Å²) in [5.74, 6) is -1.08. The van der Waals surface area contributed by atoms with E-state index in [4.69, 9.17) is 9.47 Å². The van der Waals surface area contributed by atoms with Crippen molar-refractivity contribution in [1.29, 1.82) is 0 Å². The predicted octanol–water partition coefficient (Wildman–Crippen LogP) is 3.88. The SMILES string of the molecule is COc1cc(/C=N/NC(=O)c2cccs2)ccc1OC(=O)c1cccc(F)c1. The quantitative estimate of drug-likeness (QED) is 0.296. The van der Waals surface area contributed by atoms with Crippen molar-refractivity contribution in [3.63, 3.8) is 0 Å². The largest absolute Gasteiger partial charge is 0.493 e. The number of nitrogens with one attached hydrogen (secondary N) is 1. The third-order valence-electron chi connectivity index (χ3n) is 3.58. The summed E-state index contributed by atoms with van der Waals surface area (Å²) in [7, 11) is 1.42. The number of amides is 1. The van der Waals surface area contributed by atoms with Crippen LogP contribution in [0.25, 0.3) is 0 Å². The van der Waals surface area contributed by atoms with Gasteiger partial charge < -0.3 is 9.47 Å². The molecule has 142 valence electrons. The van der Waals surface area contributed by atoms with E-state index in [-0.39, 0.29) is 17.2 Å². The molecule has 0 aliphatic heterocycles. The Hall–Kier alpha value is -3.52. The summed E-state index contributed by atoms with van der Waals surface area (Å²) in [6, 6.07) is 13.4. The maximum Gasteiger partial charge on any atom is 0.343 e. The Bertz CT molecular complexity index is 1020. The van der Waals surface area contributed by atoms with Gasteiger partial charge in [-0.2, -0.15) is 5.10 Å². The summed E-state index contributed by atoms with van der Waals surface area (Å²) >= 11 is 1.31. The highest BCUT2D eigenvalue weighted by atomic mass is 32.1. The van der Waals surface area contributed by atoms with E-state index in [9.17, 15) is 14.0 Å². The van der Waals surface area contributed by atoms with Gasteiger partial charge in [-0.15, -0.1) is 11.3 Å². The Morgan fingerprint density at radius 1 is 1.11 bits per heavy atom. The molecule has 0 atom stereocenters. The number of hydrogen-bond acceptors (Lipinski definition) is 6. The third kappa shape index (κ3) is 4.80. The summed E-state index contributed by atoms with van der Waals surface area (Å²) in [5, 5.41) is 5.70. The van der Waals surface area contributed by atoms with Crippen LogP contribution in [0.5, 0.6) is 11.5 Å².